The molecule has 1 aromatic heterocycles. The van der Waals surface area contributed by atoms with E-state index in [1.807, 2.05) is 12.1 Å². The summed E-state index contributed by atoms with van der Waals surface area (Å²) < 4.78 is 41.9. The highest BCUT2D eigenvalue weighted by Crippen LogP contribution is 2.35. The Balaban J connectivity index is 1.37. The van der Waals surface area contributed by atoms with Crippen LogP contribution in [0.1, 0.15) is 29.5 Å². The second kappa shape index (κ2) is 9.33. The average Bonchev–Trinajstić information content (AvgIpc) is 3.37. The predicted octanol–water partition coefficient (Wildman–Crippen LogP) is 5.15. The van der Waals surface area contributed by atoms with Crippen LogP contribution in [0, 0.1) is 0 Å². The minimum atomic E-state index is -4.52. The number of benzene rings is 2. The van der Waals surface area contributed by atoms with Gasteiger partial charge in [-0.05, 0) is 66.1 Å². The minimum Gasteiger partial charge on any atom is -0.349 e. The first kappa shape index (κ1) is 23.9. The number of halogens is 4. The Hall–Kier alpha value is -2.82. The number of carbonyl (C=O) groups is 1. The van der Waals surface area contributed by atoms with E-state index < -0.39 is 11.7 Å². The van der Waals surface area contributed by atoms with Gasteiger partial charge in [0, 0.05) is 29.5 Å². The smallest absolute Gasteiger partial charge is 0.349 e. The Bertz CT molecular complexity index is 1370. The second-order valence-electron chi connectivity index (χ2n) is 8.58. The van der Waals surface area contributed by atoms with E-state index in [0.29, 0.717) is 22.1 Å². The second-order valence-corrected chi connectivity index (χ2v) is 10.0. The topological polar surface area (TPSA) is 76.5 Å². The number of fused-ring (bicyclic) bond motifs is 1. The predicted molar refractivity (Wildman–Crippen MR) is 132 cm³/mol. The maximum atomic E-state index is 13.5. The molecule has 5 rings (SSSR count). The fourth-order valence-corrected chi connectivity index (χ4v) is 5.42. The molecule has 0 spiro atoms. The first-order chi connectivity index (χ1) is 16.7. The Kier molecular flexibility index (Phi) is 6.37. The molecule has 1 fully saturated rings. The van der Waals surface area contributed by atoms with Crippen LogP contribution in [0.5, 0.6) is 0 Å². The molecule has 0 radical (unpaired) electrons. The summed E-state index contributed by atoms with van der Waals surface area (Å²) in [5, 5.41) is 5.74. The van der Waals surface area contributed by atoms with Crippen molar-refractivity contribution in [2.75, 3.05) is 13.1 Å². The van der Waals surface area contributed by atoms with Crippen molar-refractivity contribution in [3.63, 3.8) is 0 Å². The summed E-state index contributed by atoms with van der Waals surface area (Å²) in [5.74, 6) is -0.289. The van der Waals surface area contributed by atoms with Crippen LogP contribution in [0.2, 0.25) is 5.02 Å². The number of aromatic nitrogens is 2. The fourth-order valence-electron chi connectivity index (χ4n) is 4.30. The highest BCUT2D eigenvalue weighted by molar-refractivity contribution is 8.18. The van der Waals surface area contributed by atoms with Crippen LogP contribution in [0.4, 0.5) is 13.2 Å². The van der Waals surface area contributed by atoms with E-state index >= 15 is 0 Å². The van der Waals surface area contributed by atoms with Crippen molar-refractivity contribution in [1.29, 1.82) is 0 Å². The molecule has 2 aliphatic rings. The molecular formula is C24H21ClF3N5OS. The van der Waals surface area contributed by atoms with Crippen LogP contribution in [-0.4, -0.2) is 44.9 Å². The number of rotatable bonds is 3. The fraction of sp³-hybridized carbons (Fsp3) is 0.292. The summed E-state index contributed by atoms with van der Waals surface area (Å²) >= 11 is 7.12. The molecule has 1 saturated heterocycles. The quantitative estimate of drug-likeness (QED) is 0.484. The highest BCUT2D eigenvalue weighted by Gasteiger charge is 2.34. The lowest BCUT2D eigenvalue weighted by Crippen LogP contribution is -2.44. The van der Waals surface area contributed by atoms with Crippen LogP contribution < -0.4 is 5.73 Å². The lowest BCUT2D eigenvalue weighted by Gasteiger charge is -2.31. The number of aliphatic imine (C=N–C) groups is 1. The van der Waals surface area contributed by atoms with Crippen molar-refractivity contribution in [1.82, 2.24) is 14.7 Å². The number of amidine groups is 1. The zero-order valence-corrected chi connectivity index (χ0v) is 20.0. The Morgan fingerprint density at radius 1 is 1.23 bits per heavy atom. The van der Waals surface area contributed by atoms with E-state index in [2.05, 4.69) is 15.0 Å². The van der Waals surface area contributed by atoms with Gasteiger partial charge in [-0.3, -0.25) is 9.48 Å². The van der Waals surface area contributed by atoms with E-state index in [-0.39, 0.29) is 29.1 Å². The Morgan fingerprint density at radius 3 is 2.83 bits per heavy atom. The monoisotopic (exact) mass is 519 g/mol. The maximum absolute atomic E-state index is 13.5. The zero-order valence-electron chi connectivity index (χ0n) is 18.4. The Morgan fingerprint density at radius 2 is 2.06 bits per heavy atom. The molecule has 6 nitrogen and oxygen atoms in total. The zero-order chi connectivity index (χ0) is 24.7. The normalized spacial score (nSPS) is 20.2. The number of alkyl halides is 3. The third-order valence-electron chi connectivity index (χ3n) is 6.00. The molecule has 3 aromatic rings. The number of likely N-dealkylation sites (tertiary alicyclic amines) is 1. The van der Waals surface area contributed by atoms with Crippen LogP contribution in [0.25, 0.3) is 17.0 Å². The van der Waals surface area contributed by atoms with E-state index in [4.69, 9.17) is 17.3 Å². The van der Waals surface area contributed by atoms with Gasteiger partial charge in [-0.25, -0.2) is 0 Å². The summed E-state index contributed by atoms with van der Waals surface area (Å²) in [6.07, 6.45) is 0.782. The van der Waals surface area contributed by atoms with Crippen LogP contribution in [0.3, 0.4) is 0 Å². The van der Waals surface area contributed by atoms with Crippen molar-refractivity contribution in [3.05, 3.63) is 69.2 Å². The van der Waals surface area contributed by atoms with Crippen molar-refractivity contribution < 1.29 is 18.0 Å². The number of hydrogen-bond donors (Lipinski definition) is 1. The van der Waals surface area contributed by atoms with Crippen molar-refractivity contribution >= 4 is 51.4 Å². The number of nitrogens with zero attached hydrogens (tertiary/aromatic N) is 4. The molecule has 2 N–H and O–H groups in total. The van der Waals surface area contributed by atoms with Gasteiger partial charge < -0.3 is 10.6 Å². The molecule has 3 heterocycles. The molecule has 2 aromatic carbocycles. The van der Waals surface area contributed by atoms with Crippen LogP contribution >= 0.6 is 23.4 Å². The molecule has 182 valence electrons. The van der Waals surface area contributed by atoms with Gasteiger partial charge in [0.2, 0.25) is 0 Å². The first-order valence-electron chi connectivity index (χ1n) is 11.0. The number of piperidine rings is 1. The third kappa shape index (κ3) is 5.10. The van der Waals surface area contributed by atoms with E-state index in [9.17, 15) is 18.0 Å². The lowest BCUT2D eigenvalue weighted by atomic mass is 10.1. The van der Waals surface area contributed by atoms with Gasteiger partial charge in [0.05, 0.1) is 28.7 Å². The number of thioether (sulfide) groups is 1. The van der Waals surface area contributed by atoms with Gasteiger partial charge >= 0.3 is 6.18 Å². The SMILES string of the molecule is NC1CCCN(C2=NC(=O)/C(=C/c3ccc4c(cnn4Cc4ccc(Cl)cc4C(F)(F)F)c3)S2)C1. The van der Waals surface area contributed by atoms with Gasteiger partial charge in [-0.15, -0.1) is 0 Å². The van der Waals surface area contributed by atoms with Crippen molar-refractivity contribution in [2.24, 2.45) is 10.7 Å². The van der Waals surface area contributed by atoms with Crippen LogP contribution in [0.15, 0.2) is 52.5 Å². The number of hydrogen-bond acceptors (Lipinski definition) is 5. The molecule has 11 heteroatoms. The first-order valence-corrected chi connectivity index (χ1v) is 12.2. The van der Waals surface area contributed by atoms with Gasteiger partial charge in [0.25, 0.3) is 5.91 Å². The lowest BCUT2D eigenvalue weighted by molar-refractivity contribution is -0.138. The van der Waals surface area contributed by atoms with E-state index in [1.165, 1.54) is 28.6 Å². The number of carbonyl (C=O) groups excluding carboxylic acids is 1. The van der Waals surface area contributed by atoms with Gasteiger partial charge in [-0.2, -0.15) is 23.3 Å². The summed E-state index contributed by atoms with van der Waals surface area (Å²) in [6.45, 7) is 1.45. The average molecular weight is 520 g/mol. The molecule has 1 amide bonds. The molecule has 1 unspecified atom stereocenters. The summed E-state index contributed by atoms with van der Waals surface area (Å²) in [6, 6.07) is 9.25. The molecule has 0 bridgehead atoms. The van der Waals surface area contributed by atoms with E-state index in [0.717, 1.165) is 36.4 Å². The van der Waals surface area contributed by atoms with Crippen molar-refractivity contribution in [2.45, 2.75) is 31.6 Å². The third-order valence-corrected chi connectivity index (χ3v) is 7.28. The van der Waals surface area contributed by atoms with Gasteiger partial charge in [-0.1, -0.05) is 23.7 Å². The molecular weight excluding hydrogens is 499 g/mol. The van der Waals surface area contributed by atoms with Gasteiger partial charge in [0.1, 0.15) is 0 Å². The minimum absolute atomic E-state index is 0.0266. The summed E-state index contributed by atoms with van der Waals surface area (Å²) in [4.78, 5) is 19.2. The molecule has 35 heavy (non-hydrogen) atoms. The summed E-state index contributed by atoms with van der Waals surface area (Å²) in [5.41, 5.74) is 6.81. The maximum Gasteiger partial charge on any atom is 0.416 e. The van der Waals surface area contributed by atoms with Gasteiger partial charge in [0.15, 0.2) is 5.17 Å². The molecule has 0 saturated carbocycles. The standard InChI is InChI=1S/C24H21ClF3N5OS/c25-17-5-4-15(19(10-17)24(26,27)28)12-33-20-6-3-14(8-16(20)11-30-33)9-21-22(34)31-23(35-21)32-7-1-2-18(29)13-32/h3-6,8-11,18H,1-2,7,12-13,29H2/b21-9-. The molecule has 1 atom stereocenters. The number of amides is 1. The number of nitrogens with two attached hydrogens (primary N) is 1. The Labute approximate surface area is 208 Å². The largest absolute Gasteiger partial charge is 0.416 e. The van der Waals surface area contributed by atoms with Crippen molar-refractivity contribution in [3.8, 4) is 0 Å². The summed E-state index contributed by atoms with van der Waals surface area (Å²) in [7, 11) is 0. The van der Waals surface area contributed by atoms with E-state index in [1.54, 1.807) is 18.3 Å². The van der Waals surface area contributed by atoms with Crippen LogP contribution in [-0.2, 0) is 17.5 Å². The molecule has 2 aliphatic heterocycles. The molecule has 0 aliphatic carbocycles. The highest BCUT2D eigenvalue weighted by atomic mass is 35.5.